The molecule has 0 radical (unpaired) electrons. The number of hydrogen-bond acceptors (Lipinski definition) is 3. The zero-order valence-electron chi connectivity index (χ0n) is 11.8. The number of ether oxygens (including phenoxy) is 2. The predicted molar refractivity (Wildman–Crippen MR) is 79.0 cm³/mol. The van der Waals surface area contributed by atoms with Crippen molar-refractivity contribution in [1.82, 2.24) is 0 Å². The van der Waals surface area contributed by atoms with Gasteiger partial charge in [0.15, 0.2) is 0 Å². The van der Waals surface area contributed by atoms with E-state index in [4.69, 9.17) is 14.9 Å². The molecule has 0 bridgehead atoms. The maximum absolute atomic E-state index is 13.3. The molecule has 2 aromatic carbocycles. The van der Waals surface area contributed by atoms with Gasteiger partial charge in [0, 0.05) is 23.8 Å². The number of nitrogens with one attached hydrogen (secondary N) is 1. The first-order chi connectivity index (χ1) is 10.1. The van der Waals surface area contributed by atoms with Gasteiger partial charge in [-0.25, -0.2) is 4.39 Å². The molecule has 0 amide bonds. The summed E-state index contributed by atoms with van der Waals surface area (Å²) in [7, 11) is 3.16. The molecule has 0 aromatic heterocycles. The molecule has 1 aliphatic heterocycles. The highest BCUT2D eigenvalue weighted by atomic mass is 19.1. The molecule has 1 N–H and O–H groups in total. The second-order valence-corrected chi connectivity index (χ2v) is 4.81. The summed E-state index contributed by atoms with van der Waals surface area (Å²) in [5.74, 6) is 1.25. The summed E-state index contributed by atoms with van der Waals surface area (Å²) in [5.41, 5.74) is 2.34. The molecule has 5 heteroatoms. The van der Waals surface area contributed by atoms with E-state index in [9.17, 15) is 4.39 Å². The highest BCUT2D eigenvalue weighted by Gasteiger charge is 2.26. The largest absolute Gasteiger partial charge is 0.497 e. The fourth-order valence-electron chi connectivity index (χ4n) is 2.47. The Bertz CT molecular complexity index is 693. The van der Waals surface area contributed by atoms with Crippen molar-refractivity contribution in [2.75, 3.05) is 19.1 Å². The molecule has 0 saturated heterocycles. The fraction of sp³-hybridized carbons (Fsp3) is 0.188. The Kier molecular flexibility index (Phi) is 3.25. The van der Waals surface area contributed by atoms with Gasteiger partial charge in [0.1, 0.15) is 23.2 Å². The lowest BCUT2D eigenvalue weighted by Gasteiger charge is -2.19. The third kappa shape index (κ3) is 2.31. The van der Waals surface area contributed by atoms with Gasteiger partial charge in [0.2, 0.25) is 0 Å². The average Bonchev–Trinajstić information content (AvgIpc) is 2.83. The van der Waals surface area contributed by atoms with E-state index in [1.807, 2.05) is 12.1 Å². The lowest BCUT2D eigenvalue weighted by atomic mass is 10.1. The Morgan fingerprint density at radius 1 is 1.05 bits per heavy atom. The molecule has 108 valence electrons. The maximum atomic E-state index is 13.3. The van der Waals surface area contributed by atoms with Gasteiger partial charge in [-0.15, -0.1) is 0 Å². The molecular formula is C16H15FN2O2. The number of benzene rings is 2. The first kappa shape index (κ1) is 13.4. The van der Waals surface area contributed by atoms with Crippen LogP contribution in [0.2, 0.25) is 0 Å². The van der Waals surface area contributed by atoms with Crippen molar-refractivity contribution < 1.29 is 13.9 Å². The van der Waals surface area contributed by atoms with Crippen molar-refractivity contribution in [3.63, 3.8) is 0 Å². The van der Waals surface area contributed by atoms with E-state index >= 15 is 0 Å². The molecule has 1 heterocycles. The van der Waals surface area contributed by atoms with Crippen LogP contribution in [0.4, 0.5) is 10.1 Å². The van der Waals surface area contributed by atoms with E-state index in [2.05, 4.69) is 0 Å². The van der Waals surface area contributed by atoms with Crippen molar-refractivity contribution in [1.29, 1.82) is 5.41 Å². The van der Waals surface area contributed by atoms with Gasteiger partial charge in [0.05, 0.1) is 26.5 Å². The molecule has 0 unspecified atom stereocenters. The first-order valence-electron chi connectivity index (χ1n) is 6.50. The van der Waals surface area contributed by atoms with Gasteiger partial charge < -0.3 is 14.4 Å². The van der Waals surface area contributed by atoms with Gasteiger partial charge in [-0.05, 0) is 17.7 Å². The highest BCUT2D eigenvalue weighted by Crippen LogP contribution is 2.33. The molecule has 0 saturated carbocycles. The van der Waals surface area contributed by atoms with Crippen molar-refractivity contribution in [3.8, 4) is 11.5 Å². The van der Waals surface area contributed by atoms with Crippen molar-refractivity contribution in [3.05, 3.63) is 53.3 Å². The summed E-state index contributed by atoms with van der Waals surface area (Å²) in [5, 5.41) is 8.25. The predicted octanol–water partition coefficient (Wildman–Crippen LogP) is 3.19. The number of methoxy groups -OCH3 is 2. The number of hydrogen-bond donors (Lipinski definition) is 1. The second-order valence-electron chi connectivity index (χ2n) is 4.81. The monoisotopic (exact) mass is 286 g/mol. The summed E-state index contributed by atoms with van der Waals surface area (Å²) in [4.78, 5) is 1.80. The van der Waals surface area contributed by atoms with E-state index in [1.165, 1.54) is 12.1 Å². The Morgan fingerprint density at radius 3 is 2.33 bits per heavy atom. The van der Waals surface area contributed by atoms with Crippen LogP contribution in [0.25, 0.3) is 0 Å². The third-order valence-electron chi connectivity index (χ3n) is 3.57. The summed E-state index contributed by atoms with van der Waals surface area (Å²) in [6.07, 6.45) is 0. The topological polar surface area (TPSA) is 45.6 Å². The number of fused-ring (bicyclic) bond motifs is 1. The molecule has 3 rings (SSSR count). The van der Waals surface area contributed by atoms with E-state index < -0.39 is 0 Å². The summed E-state index contributed by atoms with van der Waals surface area (Å²) >= 11 is 0. The fourth-order valence-corrected chi connectivity index (χ4v) is 2.47. The van der Waals surface area contributed by atoms with Crippen LogP contribution in [0.1, 0.15) is 11.1 Å². The molecule has 0 atom stereocenters. The van der Waals surface area contributed by atoms with Crippen LogP contribution in [0.3, 0.4) is 0 Å². The Balaban J connectivity index is 2.01. The van der Waals surface area contributed by atoms with Crippen molar-refractivity contribution in [2.45, 2.75) is 6.54 Å². The van der Waals surface area contributed by atoms with E-state index in [0.717, 1.165) is 11.3 Å². The Labute approximate surface area is 122 Å². The number of amidine groups is 1. The Hall–Kier alpha value is -2.56. The van der Waals surface area contributed by atoms with E-state index in [0.29, 0.717) is 23.6 Å². The van der Waals surface area contributed by atoms with Crippen LogP contribution in [-0.2, 0) is 6.54 Å². The summed E-state index contributed by atoms with van der Waals surface area (Å²) < 4.78 is 23.8. The van der Waals surface area contributed by atoms with Crippen LogP contribution in [0.5, 0.6) is 11.5 Å². The zero-order chi connectivity index (χ0) is 15.0. The quantitative estimate of drug-likeness (QED) is 0.942. The van der Waals surface area contributed by atoms with Crippen LogP contribution >= 0.6 is 0 Å². The van der Waals surface area contributed by atoms with Crippen LogP contribution in [-0.4, -0.2) is 20.1 Å². The molecular weight excluding hydrogens is 271 g/mol. The third-order valence-corrected chi connectivity index (χ3v) is 3.57. The minimum Gasteiger partial charge on any atom is -0.497 e. The normalized spacial score (nSPS) is 13.3. The SMILES string of the molecule is COc1cc(OC)cc(N2Cc3ccc(F)cc3C2=N)c1. The smallest absolute Gasteiger partial charge is 0.133 e. The van der Waals surface area contributed by atoms with Gasteiger partial charge in [-0.1, -0.05) is 6.07 Å². The van der Waals surface area contributed by atoms with Crippen LogP contribution < -0.4 is 14.4 Å². The zero-order valence-corrected chi connectivity index (χ0v) is 11.8. The average molecular weight is 286 g/mol. The second kappa shape index (κ2) is 5.09. The lowest BCUT2D eigenvalue weighted by molar-refractivity contribution is 0.394. The van der Waals surface area contributed by atoms with Gasteiger partial charge in [0.25, 0.3) is 0 Å². The Morgan fingerprint density at radius 2 is 1.71 bits per heavy atom. The molecule has 0 fully saturated rings. The van der Waals surface area contributed by atoms with Crippen LogP contribution in [0.15, 0.2) is 36.4 Å². The lowest BCUT2D eigenvalue weighted by Crippen LogP contribution is -2.23. The minimum absolute atomic E-state index is 0.278. The maximum Gasteiger partial charge on any atom is 0.133 e. The summed E-state index contributed by atoms with van der Waals surface area (Å²) in [6.45, 7) is 0.533. The molecule has 4 nitrogen and oxygen atoms in total. The molecule has 0 aliphatic carbocycles. The van der Waals surface area contributed by atoms with Gasteiger partial charge in [-0.2, -0.15) is 0 Å². The minimum atomic E-state index is -0.330. The van der Waals surface area contributed by atoms with E-state index in [1.54, 1.807) is 31.3 Å². The number of nitrogens with zero attached hydrogens (tertiary/aromatic N) is 1. The van der Waals surface area contributed by atoms with Gasteiger partial charge >= 0.3 is 0 Å². The number of anilines is 1. The van der Waals surface area contributed by atoms with Crippen molar-refractivity contribution >= 4 is 11.5 Å². The standard InChI is InChI=1S/C16H15FN2O2/c1-20-13-6-12(7-14(8-13)21-2)19-9-10-3-4-11(17)5-15(10)16(19)18/h3-8,18H,9H2,1-2H3. The van der Waals surface area contributed by atoms with Crippen LogP contribution in [0, 0.1) is 11.2 Å². The summed E-state index contributed by atoms with van der Waals surface area (Å²) in [6, 6.07) is 9.97. The molecule has 21 heavy (non-hydrogen) atoms. The molecule has 1 aliphatic rings. The molecule has 2 aromatic rings. The molecule has 0 spiro atoms. The first-order valence-corrected chi connectivity index (χ1v) is 6.50. The number of halogens is 1. The van der Waals surface area contributed by atoms with E-state index in [-0.39, 0.29) is 11.7 Å². The number of rotatable bonds is 3. The van der Waals surface area contributed by atoms with Crippen molar-refractivity contribution in [2.24, 2.45) is 0 Å². The highest BCUT2D eigenvalue weighted by molar-refractivity contribution is 6.11. The van der Waals surface area contributed by atoms with Gasteiger partial charge in [-0.3, -0.25) is 5.41 Å².